The minimum atomic E-state index is -1.02. The number of ether oxygens (including phenoxy) is 1. The lowest BCUT2D eigenvalue weighted by Crippen LogP contribution is -2.46. The molecule has 0 aromatic heterocycles. The van der Waals surface area contributed by atoms with E-state index in [4.69, 9.17) is 4.74 Å². The van der Waals surface area contributed by atoms with Gasteiger partial charge < -0.3 is 15.4 Å². The van der Waals surface area contributed by atoms with E-state index in [1.165, 1.54) is 20.1 Å². The van der Waals surface area contributed by atoms with Crippen LogP contribution in [0.4, 0.5) is 5.69 Å². The number of hydrogen-bond acceptors (Lipinski definition) is 5. The number of anilines is 1. The van der Waals surface area contributed by atoms with Crippen molar-refractivity contribution in [1.82, 2.24) is 5.32 Å². The summed E-state index contributed by atoms with van der Waals surface area (Å²) in [4.78, 5) is 48.7. The topological polar surface area (TPSA) is 102 Å². The van der Waals surface area contributed by atoms with E-state index in [0.29, 0.717) is 0 Å². The molecule has 0 unspecified atom stereocenters. The number of rotatable bonds is 7. The number of aryl methyl sites for hydroxylation is 1. The molecular weight excluding hydrogens is 360 g/mol. The van der Waals surface area contributed by atoms with Crippen LogP contribution in [0, 0.1) is 6.92 Å². The second kappa shape index (κ2) is 9.45. The maximum atomic E-state index is 12.7. The second-order valence-electron chi connectivity index (χ2n) is 6.30. The van der Waals surface area contributed by atoms with Gasteiger partial charge in [-0.3, -0.25) is 14.4 Å². The smallest absolute Gasteiger partial charge is 0.328 e. The van der Waals surface area contributed by atoms with Gasteiger partial charge in [0.1, 0.15) is 6.04 Å². The van der Waals surface area contributed by atoms with Crippen LogP contribution in [0.5, 0.6) is 0 Å². The van der Waals surface area contributed by atoms with Crippen molar-refractivity contribution in [3.05, 3.63) is 65.2 Å². The Kier molecular flexibility index (Phi) is 7.03. The Morgan fingerprint density at radius 1 is 1.04 bits per heavy atom. The fourth-order valence-electron chi connectivity index (χ4n) is 2.68. The van der Waals surface area contributed by atoms with Crippen molar-refractivity contribution in [3.8, 4) is 0 Å². The highest BCUT2D eigenvalue weighted by Crippen LogP contribution is 2.18. The maximum absolute atomic E-state index is 12.7. The van der Waals surface area contributed by atoms with E-state index < -0.39 is 23.7 Å². The molecule has 0 fully saturated rings. The predicted octanol–water partition coefficient (Wildman–Crippen LogP) is 2.04. The van der Waals surface area contributed by atoms with E-state index in [9.17, 15) is 19.2 Å². The Morgan fingerprint density at radius 3 is 2.32 bits per heavy atom. The van der Waals surface area contributed by atoms with Crippen molar-refractivity contribution in [1.29, 1.82) is 0 Å². The summed E-state index contributed by atoms with van der Waals surface area (Å²) in [6.07, 6.45) is 0.179. The first kappa shape index (κ1) is 20.8. The number of carbonyl (C=O) groups excluding carboxylic acids is 4. The highest BCUT2D eigenvalue weighted by molar-refractivity contribution is 6.44. The van der Waals surface area contributed by atoms with Gasteiger partial charge in [0.25, 0.3) is 11.7 Å². The van der Waals surface area contributed by atoms with Crippen molar-refractivity contribution in [2.75, 3.05) is 12.4 Å². The van der Waals surface area contributed by atoms with E-state index >= 15 is 0 Å². The standard InChI is InChI=1S/C21H22N2O5/c1-13-9-10-17(22-14(2)24)16(11-13)19(25)20(26)23-18(21(27)28-3)12-15-7-5-4-6-8-15/h4-11,18H,12H2,1-3H3,(H,22,24)(H,23,26)/t18-/m1/s1. The van der Waals surface area contributed by atoms with E-state index in [-0.39, 0.29) is 23.6 Å². The number of carbonyl (C=O) groups is 4. The zero-order valence-electron chi connectivity index (χ0n) is 15.9. The van der Waals surface area contributed by atoms with Crippen LogP contribution in [0.3, 0.4) is 0 Å². The van der Waals surface area contributed by atoms with E-state index in [1.807, 2.05) is 18.2 Å². The first-order valence-electron chi connectivity index (χ1n) is 8.67. The molecule has 28 heavy (non-hydrogen) atoms. The minimum Gasteiger partial charge on any atom is -0.467 e. The molecule has 1 atom stereocenters. The molecule has 7 nitrogen and oxygen atoms in total. The molecule has 0 bridgehead atoms. The summed E-state index contributed by atoms with van der Waals surface area (Å²) >= 11 is 0. The Bertz CT molecular complexity index is 893. The van der Waals surface area contributed by atoms with Crippen LogP contribution in [-0.4, -0.2) is 36.7 Å². The quantitative estimate of drug-likeness (QED) is 0.433. The highest BCUT2D eigenvalue weighted by Gasteiger charge is 2.27. The monoisotopic (exact) mass is 382 g/mol. The van der Waals surface area contributed by atoms with E-state index in [0.717, 1.165) is 11.1 Å². The Morgan fingerprint density at radius 2 is 1.71 bits per heavy atom. The summed E-state index contributed by atoms with van der Waals surface area (Å²) in [6, 6.07) is 12.8. The van der Waals surface area contributed by atoms with Crippen LogP contribution >= 0.6 is 0 Å². The number of amides is 2. The van der Waals surface area contributed by atoms with Gasteiger partial charge in [-0.25, -0.2) is 4.79 Å². The molecule has 0 heterocycles. The van der Waals surface area contributed by atoms with Gasteiger partial charge in [-0.1, -0.05) is 42.0 Å². The Hall–Kier alpha value is -3.48. The molecule has 0 aliphatic rings. The third-order valence-electron chi connectivity index (χ3n) is 4.01. The molecule has 2 rings (SSSR count). The van der Waals surface area contributed by atoms with Gasteiger partial charge in [-0.2, -0.15) is 0 Å². The molecule has 7 heteroatoms. The van der Waals surface area contributed by atoms with Gasteiger partial charge in [0.2, 0.25) is 5.91 Å². The molecule has 0 saturated carbocycles. The number of hydrogen-bond donors (Lipinski definition) is 2. The molecule has 2 aromatic rings. The SMILES string of the molecule is COC(=O)[C@@H](Cc1ccccc1)NC(=O)C(=O)c1cc(C)ccc1NC(C)=O. The summed E-state index contributed by atoms with van der Waals surface area (Å²) in [5.74, 6) is -2.83. The maximum Gasteiger partial charge on any atom is 0.328 e. The summed E-state index contributed by atoms with van der Waals surface area (Å²) in [5, 5.41) is 4.97. The van der Waals surface area contributed by atoms with Crippen LogP contribution < -0.4 is 10.6 Å². The number of Topliss-reactive ketones (excluding diaryl/α,β-unsaturated/α-hetero) is 1. The average Bonchev–Trinajstić information content (AvgIpc) is 2.68. The lowest BCUT2D eigenvalue weighted by atomic mass is 10.0. The zero-order valence-corrected chi connectivity index (χ0v) is 15.9. The third kappa shape index (κ3) is 5.51. The molecule has 2 N–H and O–H groups in total. The first-order chi connectivity index (χ1) is 13.3. The fourth-order valence-corrected chi connectivity index (χ4v) is 2.68. The highest BCUT2D eigenvalue weighted by atomic mass is 16.5. The number of ketones is 1. The third-order valence-corrected chi connectivity index (χ3v) is 4.01. The van der Waals surface area contributed by atoms with Gasteiger partial charge in [0.15, 0.2) is 0 Å². The van der Waals surface area contributed by atoms with Crippen molar-refractivity contribution >= 4 is 29.3 Å². The lowest BCUT2D eigenvalue weighted by molar-refractivity contribution is -0.144. The van der Waals surface area contributed by atoms with Crippen molar-refractivity contribution in [3.63, 3.8) is 0 Å². The van der Waals surface area contributed by atoms with Gasteiger partial charge >= 0.3 is 5.97 Å². The molecule has 2 amide bonds. The molecule has 0 saturated heterocycles. The van der Waals surface area contributed by atoms with Gasteiger partial charge in [-0.15, -0.1) is 0 Å². The van der Waals surface area contributed by atoms with Crippen LogP contribution in [-0.2, 0) is 25.5 Å². The first-order valence-corrected chi connectivity index (χ1v) is 8.67. The van der Waals surface area contributed by atoms with Crippen LogP contribution in [0.1, 0.15) is 28.4 Å². The average molecular weight is 382 g/mol. The number of nitrogens with one attached hydrogen (secondary N) is 2. The van der Waals surface area contributed by atoms with Crippen LogP contribution in [0.25, 0.3) is 0 Å². The van der Waals surface area contributed by atoms with Gasteiger partial charge in [0.05, 0.1) is 18.4 Å². The Labute approximate surface area is 163 Å². The minimum absolute atomic E-state index is 0.0519. The normalized spacial score (nSPS) is 11.2. The number of esters is 1. The zero-order chi connectivity index (χ0) is 20.7. The molecule has 0 aliphatic heterocycles. The van der Waals surface area contributed by atoms with E-state index in [2.05, 4.69) is 10.6 Å². The summed E-state index contributed by atoms with van der Waals surface area (Å²) in [7, 11) is 1.21. The van der Waals surface area contributed by atoms with Crippen molar-refractivity contribution in [2.24, 2.45) is 0 Å². The molecule has 146 valence electrons. The molecule has 2 aromatic carbocycles. The predicted molar refractivity (Wildman–Crippen MR) is 104 cm³/mol. The number of methoxy groups -OCH3 is 1. The van der Waals surface area contributed by atoms with Crippen molar-refractivity contribution in [2.45, 2.75) is 26.3 Å². The Balaban J connectivity index is 2.23. The van der Waals surface area contributed by atoms with Gasteiger partial charge in [-0.05, 0) is 24.6 Å². The molecule has 0 aliphatic carbocycles. The van der Waals surface area contributed by atoms with Crippen molar-refractivity contribution < 1.29 is 23.9 Å². The van der Waals surface area contributed by atoms with E-state index in [1.54, 1.807) is 31.2 Å². The largest absolute Gasteiger partial charge is 0.467 e. The van der Waals surface area contributed by atoms with Gasteiger partial charge in [0, 0.05) is 13.3 Å². The molecule has 0 radical (unpaired) electrons. The summed E-state index contributed by atoms with van der Waals surface area (Å²) in [5.41, 5.74) is 1.84. The summed E-state index contributed by atoms with van der Waals surface area (Å²) in [6.45, 7) is 3.07. The number of benzene rings is 2. The van der Waals surface area contributed by atoms with Crippen LogP contribution in [0.15, 0.2) is 48.5 Å². The second-order valence-corrected chi connectivity index (χ2v) is 6.30. The molecule has 0 spiro atoms. The van der Waals surface area contributed by atoms with Crippen LogP contribution in [0.2, 0.25) is 0 Å². The fraction of sp³-hybridized carbons (Fsp3) is 0.238. The summed E-state index contributed by atoms with van der Waals surface area (Å²) < 4.78 is 4.74. The molecular formula is C21H22N2O5. The lowest BCUT2D eigenvalue weighted by Gasteiger charge is -2.17.